The van der Waals surface area contributed by atoms with Crippen molar-refractivity contribution >= 4 is 21.7 Å². The zero-order chi connectivity index (χ0) is 16.8. The lowest BCUT2D eigenvalue weighted by molar-refractivity contribution is 0.0691. The molecule has 0 amide bonds. The van der Waals surface area contributed by atoms with Crippen molar-refractivity contribution < 1.29 is 27.2 Å². The quantitative estimate of drug-likeness (QED) is 0.865. The van der Waals surface area contributed by atoms with Gasteiger partial charge in [-0.05, 0) is 38.0 Å². The average Bonchev–Trinajstić information content (AvgIpc) is 3.25. The maximum Gasteiger partial charge on any atom is 0.338 e. The molecule has 1 aromatic carbocycles. The first-order valence-corrected chi connectivity index (χ1v) is 8.29. The number of aromatic nitrogens is 1. The third-order valence-corrected chi connectivity index (χ3v) is 4.90. The van der Waals surface area contributed by atoms with Crippen molar-refractivity contribution in [1.29, 1.82) is 0 Å². The maximum absolute atomic E-state index is 13.7. The Morgan fingerprint density at radius 3 is 2.70 bits per heavy atom. The summed E-state index contributed by atoms with van der Waals surface area (Å²) in [7, 11) is -4.08. The van der Waals surface area contributed by atoms with Gasteiger partial charge in [-0.15, -0.1) is 0 Å². The molecular weight excluding hydrogens is 327 g/mol. The van der Waals surface area contributed by atoms with Crippen LogP contribution < -0.4 is 4.72 Å². The fourth-order valence-corrected chi connectivity index (χ4v) is 3.31. The van der Waals surface area contributed by atoms with Crippen LogP contribution in [0.15, 0.2) is 27.6 Å². The zero-order valence-corrected chi connectivity index (χ0v) is 12.9. The van der Waals surface area contributed by atoms with Crippen LogP contribution in [0.1, 0.15) is 40.6 Å². The average molecular weight is 340 g/mol. The number of halogens is 1. The van der Waals surface area contributed by atoms with Gasteiger partial charge in [-0.3, -0.25) is 4.72 Å². The Labute approximate surface area is 131 Å². The lowest BCUT2D eigenvalue weighted by Crippen LogP contribution is -2.15. The highest BCUT2D eigenvalue weighted by molar-refractivity contribution is 7.92. The SMILES string of the molecule is Cc1noc(C2CC2)c1NS(=O)(=O)c1ccc(C(=O)O)c(F)c1. The second-order valence-corrected chi connectivity index (χ2v) is 7.02. The molecule has 0 aliphatic heterocycles. The molecule has 1 fully saturated rings. The molecule has 122 valence electrons. The summed E-state index contributed by atoms with van der Waals surface area (Å²) in [6.45, 7) is 1.60. The van der Waals surface area contributed by atoms with Gasteiger partial charge in [0.2, 0.25) is 0 Å². The first-order chi connectivity index (χ1) is 10.8. The van der Waals surface area contributed by atoms with Crippen LogP contribution in [-0.4, -0.2) is 24.7 Å². The molecule has 9 heteroatoms. The first kappa shape index (κ1) is 15.5. The second-order valence-electron chi connectivity index (χ2n) is 5.33. The lowest BCUT2D eigenvalue weighted by atomic mass is 10.2. The summed E-state index contributed by atoms with van der Waals surface area (Å²) < 4.78 is 46.0. The standard InChI is InChI=1S/C14H13FN2O5S/c1-7-12(13(22-16-7)8-2-3-8)17-23(20,21)9-4-5-10(14(18)19)11(15)6-9/h4-6,8,17H,2-3H2,1H3,(H,18,19). The van der Waals surface area contributed by atoms with Gasteiger partial charge in [0, 0.05) is 5.92 Å². The highest BCUT2D eigenvalue weighted by Crippen LogP contribution is 2.44. The van der Waals surface area contributed by atoms with Crippen LogP contribution in [0.4, 0.5) is 10.1 Å². The van der Waals surface area contributed by atoms with E-state index in [-0.39, 0.29) is 16.5 Å². The van der Waals surface area contributed by atoms with Gasteiger partial charge in [-0.1, -0.05) is 5.16 Å². The van der Waals surface area contributed by atoms with Gasteiger partial charge < -0.3 is 9.63 Å². The van der Waals surface area contributed by atoms with Crippen LogP contribution in [0.5, 0.6) is 0 Å². The van der Waals surface area contributed by atoms with Crippen molar-refractivity contribution in [2.75, 3.05) is 4.72 Å². The molecule has 1 saturated carbocycles. The Balaban J connectivity index is 1.95. The van der Waals surface area contributed by atoms with E-state index in [1.165, 1.54) is 0 Å². The smallest absolute Gasteiger partial charge is 0.338 e. The van der Waals surface area contributed by atoms with Gasteiger partial charge in [0.05, 0.1) is 10.5 Å². The van der Waals surface area contributed by atoms with E-state index < -0.39 is 27.4 Å². The molecule has 0 unspecified atom stereocenters. The Morgan fingerprint density at radius 1 is 1.43 bits per heavy atom. The summed E-state index contributed by atoms with van der Waals surface area (Å²) in [5, 5.41) is 12.5. The summed E-state index contributed by atoms with van der Waals surface area (Å²) in [6.07, 6.45) is 1.79. The number of carboxylic acids is 1. The molecule has 7 nitrogen and oxygen atoms in total. The fraction of sp³-hybridized carbons (Fsp3) is 0.286. The first-order valence-electron chi connectivity index (χ1n) is 6.81. The molecule has 0 radical (unpaired) electrons. The number of sulfonamides is 1. The van der Waals surface area contributed by atoms with Crippen molar-refractivity contribution in [2.45, 2.75) is 30.6 Å². The number of aromatic carboxylic acids is 1. The highest BCUT2D eigenvalue weighted by atomic mass is 32.2. The zero-order valence-electron chi connectivity index (χ0n) is 12.0. The fourth-order valence-electron chi connectivity index (χ4n) is 2.17. The molecule has 0 spiro atoms. The number of nitrogens with zero attached hydrogens (tertiary/aromatic N) is 1. The molecule has 2 N–H and O–H groups in total. The summed E-state index contributed by atoms with van der Waals surface area (Å²) in [5.74, 6) is -1.98. The number of carboxylic acid groups (broad SMARTS) is 1. The minimum atomic E-state index is -4.08. The third-order valence-electron chi connectivity index (χ3n) is 3.55. The Kier molecular flexibility index (Phi) is 3.59. The summed E-state index contributed by atoms with van der Waals surface area (Å²) >= 11 is 0. The van der Waals surface area contributed by atoms with E-state index in [1.54, 1.807) is 6.92 Å². The van der Waals surface area contributed by atoms with Crippen LogP contribution >= 0.6 is 0 Å². The van der Waals surface area contributed by atoms with Crippen LogP contribution in [-0.2, 0) is 10.0 Å². The number of rotatable bonds is 5. The molecule has 0 atom stereocenters. The molecule has 3 rings (SSSR count). The van der Waals surface area contributed by atoms with Gasteiger partial charge in [-0.2, -0.15) is 0 Å². The van der Waals surface area contributed by atoms with E-state index in [9.17, 15) is 17.6 Å². The third kappa shape index (κ3) is 2.91. The Hall–Kier alpha value is -2.42. The van der Waals surface area contributed by atoms with E-state index in [2.05, 4.69) is 9.88 Å². The van der Waals surface area contributed by atoms with Crippen molar-refractivity contribution in [1.82, 2.24) is 5.16 Å². The predicted octanol–water partition coefficient (Wildman–Crippen LogP) is 2.50. The van der Waals surface area contributed by atoms with E-state index in [0.717, 1.165) is 25.0 Å². The molecule has 0 bridgehead atoms. The van der Waals surface area contributed by atoms with E-state index in [1.807, 2.05) is 0 Å². The van der Waals surface area contributed by atoms with Crippen LogP contribution in [0.25, 0.3) is 0 Å². The van der Waals surface area contributed by atoms with Gasteiger partial charge in [-0.25, -0.2) is 17.6 Å². The largest absolute Gasteiger partial charge is 0.478 e. The van der Waals surface area contributed by atoms with Crippen molar-refractivity contribution in [3.8, 4) is 0 Å². The summed E-state index contributed by atoms with van der Waals surface area (Å²) in [5.41, 5.74) is 0.0529. The van der Waals surface area contributed by atoms with Gasteiger partial charge in [0.1, 0.15) is 17.2 Å². The van der Waals surface area contributed by atoms with Crippen molar-refractivity contribution in [3.05, 3.63) is 41.0 Å². The number of hydrogen-bond donors (Lipinski definition) is 2. The molecule has 1 aromatic heterocycles. The van der Waals surface area contributed by atoms with E-state index in [4.69, 9.17) is 9.63 Å². The molecule has 23 heavy (non-hydrogen) atoms. The molecule has 1 aliphatic carbocycles. The normalized spacial score (nSPS) is 14.7. The Morgan fingerprint density at radius 2 is 2.13 bits per heavy atom. The lowest BCUT2D eigenvalue weighted by Gasteiger charge is -2.09. The summed E-state index contributed by atoms with van der Waals surface area (Å²) in [6, 6.07) is 2.62. The Bertz CT molecular complexity index is 887. The molecule has 1 aliphatic rings. The summed E-state index contributed by atoms with van der Waals surface area (Å²) in [4.78, 5) is 10.4. The van der Waals surface area contributed by atoms with Gasteiger partial charge in [0.25, 0.3) is 10.0 Å². The molecule has 0 saturated heterocycles. The molecule has 1 heterocycles. The molecular formula is C14H13FN2O5S. The topological polar surface area (TPSA) is 110 Å². The minimum Gasteiger partial charge on any atom is -0.478 e. The van der Waals surface area contributed by atoms with E-state index >= 15 is 0 Å². The van der Waals surface area contributed by atoms with Gasteiger partial charge in [0.15, 0.2) is 5.76 Å². The highest BCUT2D eigenvalue weighted by Gasteiger charge is 2.33. The van der Waals surface area contributed by atoms with Crippen molar-refractivity contribution in [2.24, 2.45) is 0 Å². The van der Waals surface area contributed by atoms with Crippen molar-refractivity contribution in [3.63, 3.8) is 0 Å². The number of benzene rings is 1. The minimum absolute atomic E-state index is 0.139. The monoisotopic (exact) mass is 340 g/mol. The number of hydrogen-bond acceptors (Lipinski definition) is 5. The van der Waals surface area contributed by atoms with Crippen LogP contribution in [0.2, 0.25) is 0 Å². The number of anilines is 1. The molecule has 2 aromatic rings. The van der Waals surface area contributed by atoms with Crippen LogP contribution in [0, 0.1) is 12.7 Å². The van der Waals surface area contributed by atoms with E-state index in [0.29, 0.717) is 17.5 Å². The number of aryl methyl sites for hydroxylation is 1. The number of nitrogens with one attached hydrogen (secondary N) is 1. The van der Waals surface area contributed by atoms with Crippen LogP contribution in [0.3, 0.4) is 0 Å². The number of carbonyl (C=O) groups is 1. The second kappa shape index (κ2) is 5.34. The maximum atomic E-state index is 13.7. The predicted molar refractivity (Wildman–Crippen MR) is 77.4 cm³/mol. The van der Waals surface area contributed by atoms with Gasteiger partial charge >= 0.3 is 5.97 Å².